The van der Waals surface area contributed by atoms with Crippen LogP contribution in [0.3, 0.4) is 0 Å². The van der Waals surface area contributed by atoms with Gasteiger partial charge in [-0.3, -0.25) is 4.79 Å². The summed E-state index contributed by atoms with van der Waals surface area (Å²) in [5.74, 6) is -0.131. The van der Waals surface area contributed by atoms with Crippen LogP contribution in [0.25, 0.3) is 0 Å². The summed E-state index contributed by atoms with van der Waals surface area (Å²) in [7, 11) is 0. The minimum absolute atomic E-state index is 0.286. The zero-order valence-corrected chi connectivity index (χ0v) is 11.4. The molecule has 0 saturated heterocycles. The molecule has 100 valence electrons. The molecule has 0 fully saturated rings. The van der Waals surface area contributed by atoms with Crippen LogP contribution in [0.5, 0.6) is 0 Å². The van der Waals surface area contributed by atoms with Crippen LogP contribution in [-0.2, 0) is 11.2 Å². The lowest BCUT2D eigenvalue weighted by atomic mass is 9.82. The quantitative estimate of drug-likeness (QED) is 0.761. The topological polar surface area (TPSA) is 63.3 Å². The van der Waals surface area contributed by atoms with Crippen molar-refractivity contribution in [3.63, 3.8) is 0 Å². The van der Waals surface area contributed by atoms with Gasteiger partial charge in [0.2, 0.25) is 0 Å². The van der Waals surface area contributed by atoms with Crippen LogP contribution < -0.4 is 5.73 Å². The molecule has 1 aromatic rings. The highest BCUT2D eigenvalue weighted by Crippen LogP contribution is 2.25. The van der Waals surface area contributed by atoms with E-state index in [1.807, 2.05) is 24.3 Å². The van der Waals surface area contributed by atoms with Crippen LogP contribution in [0.4, 0.5) is 5.69 Å². The first kappa shape index (κ1) is 14.6. The standard InChI is InChI=1S/C15H23NO2/c1-10(2)13(8-11(3)15(17)18)9-12-4-6-14(16)7-5-12/h4-7,10-11,13H,8-9,16H2,1-3H3,(H,17,18). The van der Waals surface area contributed by atoms with E-state index in [9.17, 15) is 4.79 Å². The molecular weight excluding hydrogens is 226 g/mol. The van der Waals surface area contributed by atoms with Gasteiger partial charge >= 0.3 is 5.97 Å². The fraction of sp³-hybridized carbons (Fsp3) is 0.533. The number of carboxylic acid groups (broad SMARTS) is 1. The second-order valence-electron chi connectivity index (χ2n) is 5.42. The summed E-state index contributed by atoms with van der Waals surface area (Å²) in [6, 6.07) is 7.84. The average molecular weight is 249 g/mol. The molecule has 0 heterocycles. The maximum atomic E-state index is 10.9. The lowest BCUT2D eigenvalue weighted by molar-refractivity contribution is -0.141. The minimum atomic E-state index is -0.710. The first-order valence-electron chi connectivity index (χ1n) is 6.47. The fourth-order valence-electron chi connectivity index (χ4n) is 2.10. The molecule has 0 aliphatic carbocycles. The number of nitrogen functional groups attached to an aromatic ring is 1. The number of carboxylic acids is 1. The molecule has 0 amide bonds. The molecule has 3 nitrogen and oxygen atoms in total. The zero-order valence-electron chi connectivity index (χ0n) is 11.4. The Morgan fingerprint density at radius 1 is 1.22 bits per heavy atom. The van der Waals surface area contributed by atoms with Gasteiger partial charge in [0.05, 0.1) is 5.92 Å². The molecule has 0 spiro atoms. The highest BCUT2D eigenvalue weighted by Gasteiger charge is 2.21. The Bertz CT molecular complexity index is 384. The summed E-state index contributed by atoms with van der Waals surface area (Å²) in [6.45, 7) is 6.08. The number of rotatable bonds is 6. The number of carbonyl (C=O) groups is 1. The van der Waals surface area contributed by atoms with Gasteiger partial charge in [0.25, 0.3) is 0 Å². The second-order valence-corrected chi connectivity index (χ2v) is 5.42. The predicted molar refractivity (Wildman–Crippen MR) is 74.3 cm³/mol. The zero-order chi connectivity index (χ0) is 13.7. The Balaban J connectivity index is 2.68. The molecule has 3 N–H and O–H groups in total. The maximum absolute atomic E-state index is 10.9. The monoisotopic (exact) mass is 249 g/mol. The molecule has 0 aliphatic heterocycles. The van der Waals surface area contributed by atoms with Gasteiger partial charge in [-0.15, -0.1) is 0 Å². The molecule has 3 heteroatoms. The smallest absolute Gasteiger partial charge is 0.306 e. The Labute approximate surface area is 109 Å². The molecular formula is C15H23NO2. The third kappa shape index (κ3) is 4.40. The van der Waals surface area contributed by atoms with Gasteiger partial charge in [0.1, 0.15) is 0 Å². The highest BCUT2D eigenvalue weighted by atomic mass is 16.4. The van der Waals surface area contributed by atoms with E-state index < -0.39 is 5.97 Å². The maximum Gasteiger partial charge on any atom is 0.306 e. The molecule has 0 aliphatic rings. The molecule has 0 aromatic heterocycles. The summed E-state index contributed by atoms with van der Waals surface area (Å²) >= 11 is 0. The third-order valence-corrected chi connectivity index (χ3v) is 3.50. The van der Waals surface area contributed by atoms with Gasteiger partial charge in [0.15, 0.2) is 0 Å². The molecule has 1 rings (SSSR count). The van der Waals surface area contributed by atoms with Crippen molar-refractivity contribution in [1.29, 1.82) is 0 Å². The van der Waals surface area contributed by atoms with Gasteiger partial charge in [-0.05, 0) is 42.4 Å². The van der Waals surface area contributed by atoms with Crippen LogP contribution in [0.15, 0.2) is 24.3 Å². The van der Waals surface area contributed by atoms with Crippen molar-refractivity contribution in [1.82, 2.24) is 0 Å². The molecule has 1 aromatic carbocycles. The minimum Gasteiger partial charge on any atom is -0.481 e. The van der Waals surface area contributed by atoms with Crippen molar-refractivity contribution in [2.24, 2.45) is 17.8 Å². The Morgan fingerprint density at radius 3 is 2.22 bits per heavy atom. The summed E-state index contributed by atoms with van der Waals surface area (Å²) in [5.41, 5.74) is 7.65. The molecule has 2 unspecified atom stereocenters. The highest BCUT2D eigenvalue weighted by molar-refractivity contribution is 5.69. The number of aliphatic carboxylic acids is 1. The van der Waals surface area contributed by atoms with Crippen LogP contribution in [-0.4, -0.2) is 11.1 Å². The average Bonchev–Trinajstić information content (AvgIpc) is 2.30. The van der Waals surface area contributed by atoms with E-state index in [0.717, 1.165) is 18.5 Å². The van der Waals surface area contributed by atoms with Gasteiger partial charge in [0, 0.05) is 5.69 Å². The molecule has 0 bridgehead atoms. The largest absolute Gasteiger partial charge is 0.481 e. The van der Waals surface area contributed by atoms with E-state index in [4.69, 9.17) is 10.8 Å². The van der Waals surface area contributed by atoms with Crippen LogP contribution >= 0.6 is 0 Å². The normalized spacial score (nSPS) is 14.4. The lowest BCUT2D eigenvalue weighted by Crippen LogP contribution is -2.20. The Hall–Kier alpha value is -1.51. The fourth-order valence-corrected chi connectivity index (χ4v) is 2.10. The summed E-state index contributed by atoms with van der Waals surface area (Å²) < 4.78 is 0. The number of hydrogen-bond acceptors (Lipinski definition) is 2. The van der Waals surface area contributed by atoms with Crippen molar-refractivity contribution in [3.8, 4) is 0 Å². The van der Waals surface area contributed by atoms with Crippen LogP contribution in [0.1, 0.15) is 32.8 Å². The summed E-state index contributed by atoms with van der Waals surface area (Å²) in [6.07, 6.45) is 1.63. The lowest BCUT2D eigenvalue weighted by Gasteiger charge is -2.23. The van der Waals surface area contributed by atoms with E-state index in [0.29, 0.717) is 11.8 Å². The number of hydrogen-bond donors (Lipinski definition) is 2. The van der Waals surface area contributed by atoms with E-state index >= 15 is 0 Å². The van der Waals surface area contributed by atoms with Crippen molar-refractivity contribution in [2.75, 3.05) is 5.73 Å². The predicted octanol–water partition coefficient (Wildman–Crippen LogP) is 3.19. The van der Waals surface area contributed by atoms with Crippen molar-refractivity contribution >= 4 is 11.7 Å². The SMILES string of the molecule is CC(CC(Cc1ccc(N)cc1)C(C)C)C(=O)O. The Kier molecular flexibility index (Phi) is 5.20. The van der Waals surface area contributed by atoms with E-state index in [1.165, 1.54) is 5.56 Å². The number of benzene rings is 1. The van der Waals surface area contributed by atoms with Crippen molar-refractivity contribution in [3.05, 3.63) is 29.8 Å². The van der Waals surface area contributed by atoms with Gasteiger partial charge in [-0.25, -0.2) is 0 Å². The molecule has 2 atom stereocenters. The van der Waals surface area contributed by atoms with E-state index in [1.54, 1.807) is 6.92 Å². The first-order valence-corrected chi connectivity index (χ1v) is 6.47. The van der Waals surface area contributed by atoms with Crippen LogP contribution in [0.2, 0.25) is 0 Å². The van der Waals surface area contributed by atoms with E-state index in [-0.39, 0.29) is 5.92 Å². The van der Waals surface area contributed by atoms with Crippen molar-refractivity contribution < 1.29 is 9.90 Å². The molecule has 0 radical (unpaired) electrons. The van der Waals surface area contributed by atoms with Gasteiger partial charge in [-0.2, -0.15) is 0 Å². The van der Waals surface area contributed by atoms with E-state index in [2.05, 4.69) is 13.8 Å². The third-order valence-electron chi connectivity index (χ3n) is 3.50. The second kappa shape index (κ2) is 6.43. The van der Waals surface area contributed by atoms with Crippen molar-refractivity contribution in [2.45, 2.75) is 33.6 Å². The number of nitrogens with two attached hydrogens (primary N) is 1. The first-order chi connectivity index (χ1) is 8.40. The number of anilines is 1. The van der Waals surface area contributed by atoms with Crippen LogP contribution in [0, 0.1) is 17.8 Å². The van der Waals surface area contributed by atoms with Gasteiger partial charge in [-0.1, -0.05) is 32.9 Å². The molecule has 18 heavy (non-hydrogen) atoms. The molecule has 0 saturated carbocycles. The summed E-state index contributed by atoms with van der Waals surface area (Å²) in [5, 5.41) is 9.00. The van der Waals surface area contributed by atoms with Gasteiger partial charge < -0.3 is 10.8 Å². The summed E-state index contributed by atoms with van der Waals surface area (Å²) in [4.78, 5) is 10.9. The Morgan fingerprint density at radius 2 is 1.78 bits per heavy atom.